The van der Waals surface area contributed by atoms with Crippen molar-refractivity contribution in [3.05, 3.63) is 35.9 Å². The first-order chi connectivity index (χ1) is 14.6. The van der Waals surface area contributed by atoms with E-state index in [4.69, 9.17) is 18.9 Å². The van der Waals surface area contributed by atoms with E-state index in [2.05, 4.69) is 6.92 Å². The Kier molecular flexibility index (Phi) is 11.8. The largest absolute Gasteiger partial charge is 0.394 e. The summed E-state index contributed by atoms with van der Waals surface area (Å²) >= 11 is 0. The molecule has 172 valence electrons. The van der Waals surface area contributed by atoms with E-state index in [0.29, 0.717) is 13.2 Å². The number of benzene rings is 1. The normalized spacial score (nSPS) is 27.8. The first kappa shape index (κ1) is 25.2. The predicted octanol–water partition coefficient (Wildman–Crippen LogP) is 0.985. The highest BCUT2D eigenvalue weighted by Crippen LogP contribution is 2.23. The molecule has 2 rings (SSSR count). The molecule has 0 aliphatic carbocycles. The molecule has 30 heavy (non-hydrogen) atoms. The van der Waals surface area contributed by atoms with Gasteiger partial charge in [0.05, 0.1) is 26.4 Å². The Hall–Kier alpha value is -1.10. The minimum absolute atomic E-state index is 0.193. The monoisotopic (exact) mass is 428 g/mol. The van der Waals surface area contributed by atoms with Crippen molar-refractivity contribution >= 4 is 0 Å². The maximum Gasteiger partial charge on any atom is 0.187 e. The molecule has 0 bridgehead atoms. The van der Waals surface area contributed by atoms with E-state index < -0.39 is 43.4 Å². The van der Waals surface area contributed by atoms with Crippen molar-refractivity contribution in [2.45, 2.75) is 76.0 Å². The lowest BCUT2D eigenvalue weighted by Crippen LogP contribution is -2.60. The van der Waals surface area contributed by atoms with Crippen LogP contribution in [0.1, 0.15) is 38.2 Å². The Balaban J connectivity index is 1.88. The third kappa shape index (κ3) is 8.20. The third-order valence-electron chi connectivity index (χ3n) is 5.04. The summed E-state index contributed by atoms with van der Waals surface area (Å²) in [7, 11) is 0. The molecule has 1 aliphatic rings. The molecule has 1 fully saturated rings. The molecule has 1 aliphatic heterocycles. The molecule has 6 atom stereocenters. The van der Waals surface area contributed by atoms with Crippen LogP contribution >= 0.6 is 0 Å². The maximum atomic E-state index is 10.2. The Morgan fingerprint density at radius 2 is 1.67 bits per heavy atom. The molecular formula is C22H36O8. The van der Waals surface area contributed by atoms with E-state index in [1.165, 1.54) is 0 Å². The van der Waals surface area contributed by atoms with E-state index in [1.807, 2.05) is 30.3 Å². The summed E-state index contributed by atoms with van der Waals surface area (Å²) in [6, 6.07) is 9.70. The van der Waals surface area contributed by atoms with Crippen LogP contribution in [-0.2, 0) is 25.6 Å². The second-order valence-corrected chi connectivity index (χ2v) is 7.59. The van der Waals surface area contributed by atoms with Crippen molar-refractivity contribution in [2.75, 3.05) is 26.4 Å². The Morgan fingerprint density at radius 1 is 0.933 bits per heavy atom. The van der Waals surface area contributed by atoms with Crippen LogP contribution in [0.5, 0.6) is 0 Å². The molecule has 1 aromatic carbocycles. The molecule has 1 saturated heterocycles. The van der Waals surface area contributed by atoms with Crippen LogP contribution in [0.15, 0.2) is 30.3 Å². The van der Waals surface area contributed by atoms with Gasteiger partial charge in [-0.05, 0) is 12.0 Å². The highest BCUT2D eigenvalue weighted by atomic mass is 16.7. The van der Waals surface area contributed by atoms with Gasteiger partial charge >= 0.3 is 0 Å². The second kappa shape index (κ2) is 14.1. The van der Waals surface area contributed by atoms with Gasteiger partial charge in [0.1, 0.15) is 30.5 Å². The van der Waals surface area contributed by atoms with Gasteiger partial charge in [-0.3, -0.25) is 0 Å². The van der Waals surface area contributed by atoms with Crippen molar-refractivity contribution in [2.24, 2.45) is 0 Å². The summed E-state index contributed by atoms with van der Waals surface area (Å²) in [5, 5.41) is 39.5. The number of aliphatic hydroxyl groups excluding tert-OH is 4. The highest BCUT2D eigenvalue weighted by Gasteiger charge is 2.44. The minimum Gasteiger partial charge on any atom is -0.394 e. The second-order valence-electron chi connectivity index (χ2n) is 7.59. The number of ether oxygens (including phenoxy) is 4. The van der Waals surface area contributed by atoms with E-state index in [-0.39, 0.29) is 13.2 Å². The first-order valence-corrected chi connectivity index (χ1v) is 10.7. The summed E-state index contributed by atoms with van der Waals surface area (Å²) in [6.07, 6.45) is -2.79. The van der Waals surface area contributed by atoms with Crippen LogP contribution in [0.25, 0.3) is 0 Å². The van der Waals surface area contributed by atoms with E-state index in [9.17, 15) is 20.4 Å². The fourth-order valence-corrected chi connectivity index (χ4v) is 3.22. The zero-order valence-corrected chi connectivity index (χ0v) is 17.6. The van der Waals surface area contributed by atoms with Crippen LogP contribution < -0.4 is 0 Å². The average Bonchev–Trinajstić information content (AvgIpc) is 2.76. The number of hydrogen-bond acceptors (Lipinski definition) is 8. The first-order valence-electron chi connectivity index (χ1n) is 10.7. The number of rotatable bonds is 14. The lowest BCUT2D eigenvalue weighted by Gasteiger charge is -2.40. The molecular weight excluding hydrogens is 392 g/mol. The fourth-order valence-electron chi connectivity index (χ4n) is 3.22. The summed E-state index contributed by atoms with van der Waals surface area (Å²) < 4.78 is 22.7. The van der Waals surface area contributed by atoms with Gasteiger partial charge in [0, 0.05) is 6.61 Å². The van der Waals surface area contributed by atoms with Crippen LogP contribution in [-0.4, -0.2) is 83.7 Å². The van der Waals surface area contributed by atoms with Gasteiger partial charge in [-0.2, -0.15) is 0 Å². The van der Waals surface area contributed by atoms with Gasteiger partial charge < -0.3 is 39.4 Å². The smallest absolute Gasteiger partial charge is 0.187 e. The van der Waals surface area contributed by atoms with Gasteiger partial charge in [0.15, 0.2) is 6.29 Å². The van der Waals surface area contributed by atoms with Crippen LogP contribution in [0, 0.1) is 0 Å². The van der Waals surface area contributed by atoms with Crippen molar-refractivity contribution in [3.63, 3.8) is 0 Å². The third-order valence-corrected chi connectivity index (χ3v) is 5.04. The average molecular weight is 429 g/mol. The van der Waals surface area contributed by atoms with E-state index in [1.54, 1.807) is 0 Å². The molecule has 0 aromatic heterocycles. The van der Waals surface area contributed by atoms with E-state index >= 15 is 0 Å². The topological polar surface area (TPSA) is 118 Å². The molecule has 0 saturated carbocycles. The number of hydrogen-bond donors (Lipinski definition) is 4. The van der Waals surface area contributed by atoms with Gasteiger partial charge in [0.2, 0.25) is 0 Å². The minimum atomic E-state index is -1.48. The molecule has 8 heteroatoms. The van der Waals surface area contributed by atoms with Crippen LogP contribution in [0.2, 0.25) is 0 Å². The van der Waals surface area contributed by atoms with Gasteiger partial charge in [-0.15, -0.1) is 0 Å². The summed E-state index contributed by atoms with van der Waals surface area (Å²) in [6.45, 7) is 3.05. The molecule has 4 N–H and O–H groups in total. The Morgan fingerprint density at radius 3 is 2.37 bits per heavy atom. The zero-order chi connectivity index (χ0) is 21.8. The molecule has 0 radical (unpaired) electrons. The Labute approximate surface area is 178 Å². The van der Waals surface area contributed by atoms with E-state index in [0.717, 1.165) is 31.2 Å². The Bertz CT molecular complexity index is 555. The van der Waals surface area contributed by atoms with Crippen molar-refractivity contribution in [1.29, 1.82) is 0 Å². The zero-order valence-electron chi connectivity index (χ0n) is 17.6. The highest BCUT2D eigenvalue weighted by molar-refractivity contribution is 5.13. The standard InChI is InChI=1S/C22H36O8/c1-2-3-4-8-11-27-14-17(15-28-13-16-9-6-5-7-10-16)29-22-21(26)20(25)19(24)18(12-23)30-22/h5-7,9-10,17-26H,2-4,8,11-15H2,1H3/t17-,18-,19+,20+,21-,22-/m1/s1. The molecule has 1 heterocycles. The number of unbranched alkanes of at least 4 members (excludes halogenated alkanes) is 3. The molecule has 1 aromatic rings. The quantitative estimate of drug-likeness (QED) is 0.324. The number of aliphatic hydroxyl groups is 4. The van der Waals surface area contributed by atoms with Gasteiger partial charge in [0.25, 0.3) is 0 Å². The van der Waals surface area contributed by atoms with Crippen LogP contribution in [0.3, 0.4) is 0 Å². The van der Waals surface area contributed by atoms with Crippen molar-refractivity contribution < 1.29 is 39.4 Å². The maximum absolute atomic E-state index is 10.2. The molecule has 0 spiro atoms. The van der Waals surface area contributed by atoms with Crippen molar-refractivity contribution in [3.8, 4) is 0 Å². The lowest BCUT2D eigenvalue weighted by atomic mass is 9.99. The van der Waals surface area contributed by atoms with Gasteiger partial charge in [-0.25, -0.2) is 0 Å². The van der Waals surface area contributed by atoms with Crippen molar-refractivity contribution in [1.82, 2.24) is 0 Å². The molecule has 8 nitrogen and oxygen atoms in total. The van der Waals surface area contributed by atoms with Crippen LogP contribution in [0.4, 0.5) is 0 Å². The van der Waals surface area contributed by atoms with Gasteiger partial charge in [-0.1, -0.05) is 56.5 Å². The summed E-state index contributed by atoms with van der Waals surface area (Å²) in [5.41, 5.74) is 1.02. The summed E-state index contributed by atoms with van der Waals surface area (Å²) in [4.78, 5) is 0. The lowest BCUT2D eigenvalue weighted by molar-refractivity contribution is -0.316. The summed E-state index contributed by atoms with van der Waals surface area (Å²) in [5.74, 6) is 0. The predicted molar refractivity (Wildman–Crippen MR) is 110 cm³/mol. The molecule has 0 unspecified atom stereocenters. The fraction of sp³-hybridized carbons (Fsp3) is 0.727. The SMILES string of the molecule is CCCCCCOC[C@H](COCc1ccccc1)O[C@@H]1O[C@H](CO)[C@H](O)[C@H](O)[C@H]1O. The molecule has 0 amide bonds.